The third-order valence-corrected chi connectivity index (χ3v) is 3.82. The van der Waals surface area contributed by atoms with Crippen molar-refractivity contribution < 1.29 is 4.74 Å². The van der Waals surface area contributed by atoms with Gasteiger partial charge in [0, 0.05) is 16.1 Å². The van der Waals surface area contributed by atoms with Crippen LogP contribution in [0.3, 0.4) is 0 Å². The molecule has 1 heterocycles. The molecule has 0 aliphatic carbocycles. The predicted octanol–water partition coefficient (Wildman–Crippen LogP) is 4.15. The van der Waals surface area contributed by atoms with Gasteiger partial charge in [-0.3, -0.25) is 0 Å². The van der Waals surface area contributed by atoms with Gasteiger partial charge < -0.3 is 4.74 Å². The molecule has 0 fully saturated rings. The van der Waals surface area contributed by atoms with E-state index in [9.17, 15) is 0 Å². The van der Waals surface area contributed by atoms with Crippen molar-refractivity contribution in [3.05, 3.63) is 63.9 Å². The monoisotopic (exact) mass is 344 g/mol. The summed E-state index contributed by atoms with van der Waals surface area (Å²) in [6, 6.07) is 14.9. The van der Waals surface area contributed by atoms with Crippen LogP contribution in [0.15, 0.2) is 53.6 Å². The molecule has 0 unspecified atom stereocenters. The van der Waals surface area contributed by atoms with Crippen molar-refractivity contribution in [1.29, 1.82) is 0 Å². The topological polar surface area (TPSA) is 55.2 Å². The van der Waals surface area contributed by atoms with Crippen LogP contribution >= 0.6 is 23.8 Å². The molecule has 0 spiro atoms. The maximum absolute atomic E-state index is 6.13. The molecule has 2 aromatic carbocycles. The molecule has 0 aliphatic rings. The Morgan fingerprint density at radius 3 is 2.65 bits per heavy atom. The van der Waals surface area contributed by atoms with Crippen LogP contribution in [0, 0.1) is 4.77 Å². The molecule has 0 amide bonds. The van der Waals surface area contributed by atoms with Gasteiger partial charge in [-0.05, 0) is 42.5 Å². The first-order valence-electron chi connectivity index (χ1n) is 6.80. The molecule has 1 aromatic heterocycles. The third-order valence-electron chi connectivity index (χ3n) is 3.22. The minimum absolute atomic E-state index is 0.402. The second-order valence-electron chi connectivity index (χ2n) is 4.66. The number of aromatic nitrogens is 3. The van der Waals surface area contributed by atoms with E-state index >= 15 is 0 Å². The number of rotatable bonds is 4. The molecule has 0 aliphatic heterocycles. The zero-order chi connectivity index (χ0) is 16.2. The molecule has 116 valence electrons. The number of aromatic amines is 1. The summed E-state index contributed by atoms with van der Waals surface area (Å²) < 4.78 is 7.12. The molecule has 0 radical (unpaired) electrons. The molecule has 7 heteroatoms. The Hall–Kier alpha value is -2.44. The molecule has 3 aromatic rings. The minimum Gasteiger partial charge on any atom is -0.497 e. The van der Waals surface area contributed by atoms with E-state index in [0.29, 0.717) is 15.6 Å². The van der Waals surface area contributed by atoms with Gasteiger partial charge in [0.25, 0.3) is 0 Å². The summed E-state index contributed by atoms with van der Waals surface area (Å²) >= 11 is 11.4. The molecule has 0 saturated heterocycles. The van der Waals surface area contributed by atoms with Crippen molar-refractivity contribution in [1.82, 2.24) is 14.9 Å². The van der Waals surface area contributed by atoms with E-state index in [1.165, 1.54) is 0 Å². The molecule has 5 nitrogen and oxygen atoms in total. The second kappa shape index (κ2) is 6.76. The predicted molar refractivity (Wildman–Crippen MR) is 93.8 cm³/mol. The van der Waals surface area contributed by atoms with Crippen LogP contribution in [-0.4, -0.2) is 28.2 Å². The Balaban J connectivity index is 1.99. The van der Waals surface area contributed by atoms with Crippen LogP contribution in [0.4, 0.5) is 0 Å². The van der Waals surface area contributed by atoms with Crippen LogP contribution in [-0.2, 0) is 0 Å². The van der Waals surface area contributed by atoms with Gasteiger partial charge in [0.1, 0.15) is 5.75 Å². The average molecular weight is 345 g/mol. The molecule has 0 saturated carbocycles. The maximum Gasteiger partial charge on any atom is 0.216 e. The number of hydrogen-bond donors (Lipinski definition) is 1. The Labute approximate surface area is 143 Å². The highest BCUT2D eigenvalue weighted by molar-refractivity contribution is 7.71. The Morgan fingerprint density at radius 2 is 1.96 bits per heavy atom. The normalized spacial score (nSPS) is 11.0. The fourth-order valence-corrected chi connectivity index (χ4v) is 2.39. The molecule has 1 N–H and O–H groups in total. The number of benzene rings is 2. The van der Waals surface area contributed by atoms with Gasteiger partial charge in [-0.15, -0.1) is 0 Å². The summed E-state index contributed by atoms with van der Waals surface area (Å²) in [7, 11) is 1.62. The SMILES string of the molecule is COc1ccc(-c2n[nH]c(=S)n2/N=C\c2ccccc2Cl)cc1. The number of methoxy groups -OCH3 is 1. The van der Waals surface area contributed by atoms with E-state index in [0.717, 1.165) is 16.9 Å². The summed E-state index contributed by atoms with van der Waals surface area (Å²) in [4.78, 5) is 0. The highest BCUT2D eigenvalue weighted by atomic mass is 35.5. The van der Waals surface area contributed by atoms with Gasteiger partial charge in [0.2, 0.25) is 4.77 Å². The van der Waals surface area contributed by atoms with E-state index in [4.69, 9.17) is 28.6 Å². The van der Waals surface area contributed by atoms with E-state index in [-0.39, 0.29) is 0 Å². The lowest BCUT2D eigenvalue weighted by molar-refractivity contribution is 0.415. The van der Waals surface area contributed by atoms with Crippen molar-refractivity contribution in [2.75, 3.05) is 7.11 Å². The minimum atomic E-state index is 0.402. The third kappa shape index (κ3) is 3.33. The fourth-order valence-electron chi connectivity index (χ4n) is 2.03. The molecule has 23 heavy (non-hydrogen) atoms. The van der Waals surface area contributed by atoms with E-state index in [1.807, 2.05) is 48.5 Å². The van der Waals surface area contributed by atoms with Crippen molar-refractivity contribution in [2.45, 2.75) is 0 Å². The van der Waals surface area contributed by atoms with E-state index in [2.05, 4.69) is 15.3 Å². The van der Waals surface area contributed by atoms with Crippen LogP contribution in [0.1, 0.15) is 5.56 Å². The highest BCUT2D eigenvalue weighted by Crippen LogP contribution is 2.21. The standard InChI is InChI=1S/C16H13ClN4OS/c1-22-13-8-6-11(7-9-13)15-19-20-16(23)21(15)18-10-12-4-2-3-5-14(12)17/h2-10H,1H3,(H,20,23)/b18-10-. The summed E-state index contributed by atoms with van der Waals surface area (Å²) in [5, 5.41) is 12.0. The summed E-state index contributed by atoms with van der Waals surface area (Å²) in [5.74, 6) is 1.38. The van der Waals surface area contributed by atoms with E-state index in [1.54, 1.807) is 18.0 Å². The van der Waals surface area contributed by atoms with Gasteiger partial charge >= 0.3 is 0 Å². The van der Waals surface area contributed by atoms with Gasteiger partial charge in [0.15, 0.2) is 5.82 Å². The highest BCUT2D eigenvalue weighted by Gasteiger charge is 2.08. The van der Waals surface area contributed by atoms with Gasteiger partial charge in [0.05, 0.1) is 13.3 Å². The molecule has 0 atom stereocenters. The van der Waals surface area contributed by atoms with Crippen LogP contribution in [0.25, 0.3) is 11.4 Å². The first-order chi connectivity index (χ1) is 11.2. The van der Waals surface area contributed by atoms with Crippen molar-refractivity contribution in [3.8, 4) is 17.1 Å². The smallest absolute Gasteiger partial charge is 0.216 e. The Morgan fingerprint density at radius 1 is 1.22 bits per heavy atom. The van der Waals surface area contributed by atoms with Gasteiger partial charge in [-0.25, -0.2) is 5.10 Å². The lowest BCUT2D eigenvalue weighted by Crippen LogP contribution is -1.95. The van der Waals surface area contributed by atoms with Crippen LogP contribution in [0.2, 0.25) is 5.02 Å². The lowest BCUT2D eigenvalue weighted by atomic mass is 10.2. The average Bonchev–Trinajstić information content (AvgIpc) is 2.95. The summed E-state index contributed by atoms with van der Waals surface area (Å²) in [6.07, 6.45) is 1.65. The van der Waals surface area contributed by atoms with Gasteiger partial charge in [-0.2, -0.15) is 14.9 Å². The number of H-pyrrole nitrogens is 1. The Kier molecular flexibility index (Phi) is 4.55. The van der Waals surface area contributed by atoms with Crippen molar-refractivity contribution in [3.63, 3.8) is 0 Å². The number of hydrogen-bond acceptors (Lipinski definition) is 4. The number of nitrogens with zero attached hydrogens (tertiary/aromatic N) is 3. The largest absolute Gasteiger partial charge is 0.497 e. The van der Waals surface area contributed by atoms with Gasteiger partial charge in [-0.1, -0.05) is 29.8 Å². The quantitative estimate of drug-likeness (QED) is 0.571. The molecular weight excluding hydrogens is 332 g/mol. The number of nitrogens with one attached hydrogen (secondary N) is 1. The zero-order valence-electron chi connectivity index (χ0n) is 12.2. The molecular formula is C16H13ClN4OS. The van der Waals surface area contributed by atoms with Crippen molar-refractivity contribution >= 4 is 30.0 Å². The Bertz CT molecular complexity index is 899. The second-order valence-corrected chi connectivity index (χ2v) is 5.45. The molecule has 0 bridgehead atoms. The summed E-state index contributed by atoms with van der Waals surface area (Å²) in [5.41, 5.74) is 1.67. The van der Waals surface area contributed by atoms with Crippen LogP contribution in [0.5, 0.6) is 5.75 Å². The maximum atomic E-state index is 6.13. The first kappa shape index (κ1) is 15.5. The van der Waals surface area contributed by atoms with Crippen molar-refractivity contribution in [2.24, 2.45) is 5.10 Å². The van der Waals surface area contributed by atoms with E-state index < -0.39 is 0 Å². The number of halogens is 1. The lowest BCUT2D eigenvalue weighted by Gasteiger charge is -2.03. The fraction of sp³-hybridized carbons (Fsp3) is 0.0625. The zero-order valence-corrected chi connectivity index (χ0v) is 13.8. The van der Waals surface area contributed by atoms with Crippen LogP contribution < -0.4 is 4.74 Å². The number of ether oxygens (including phenoxy) is 1. The first-order valence-corrected chi connectivity index (χ1v) is 7.58. The summed E-state index contributed by atoms with van der Waals surface area (Å²) in [6.45, 7) is 0. The molecule has 3 rings (SSSR count).